The van der Waals surface area contributed by atoms with Crippen molar-refractivity contribution in [2.75, 3.05) is 0 Å². The minimum absolute atomic E-state index is 0.982. The maximum Gasteiger partial charge on any atom is 0.176 e. The summed E-state index contributed by atoms with van der Waals surface area (Å²) in [7, 11) is -2.54. The van der Waals surface area contributed by atoms with Crippen LogP contribution in [0.25, 0.3) is 0 Å². The molecule has 0 aliphatic heterocycles. The molecular formula is C9H22OSi2. The van der Waals surface area contributed by atoms with Gasteiger partial charge >= 0.3 is 0 Å². The third kappa shape index (κ3) is 2.71. The third-order valence-corrected chi connectivity index (χ3v) is 11.5. The van der Waals surface area contributed by atoms with Crippen LogP contribution in [0.1, 0.15) is 19.8 Å². The summed E-state index contributed by atoms with van der Waals surface area (Å²) in [6.07, 6.45) is 2.88. The molecule has 72 valence electrons. The Morgan fingerprint density at radius 2 is 1.67 bits per heavy atom. The molecule has 0 aromatic rings. The Morgan fingerprint density at radius 1 is 1.17 bits per heavy atom. The van der Waals surface area contributed by atoms with Gasteiger partial charge in [0.25, 0.3) is 0 Å². The van der Waals surface area contributed by atoms with Gasteiger partial charge in [0.1, 0.15) is 0 Å². The number of hydrogen-bond donors (Lipinski definition) is 0. The van der Waals surface area contributed by atoms with Crippen molar-refractivity contribution in [3.05, 3.63) is 0 Å². The fraction of sp³-hybridized carbons (Fsp3) is 1.00. The molecule has 3 heteroatoms. The van der Waals surface area contributed by atoms with Gasteiger partial charge in [-0.05, 0) is 37.8 Å². The highest BCUT2D eigenvalue weighted by Crippen LogP contribution is 2.46. The van der Waals surface area contributed by atoms with Crippen LogP contribution in [0.2, 0.25) is 37.8 Å². The largest absolute Gasteiger partial charge is 0.455 e. The predicted molar refractivity (Wildman–Crippen MR) is 59.5 cm³/mol. The van der Waals surface area contributed by atoms with Crippen molar-refractivity contribution in [3.8, 4) is 0 Å². The molecule has 0 amide bonds. The Hall–Kier alpha value is 0.394. The van der Waals surface area contributed by atoms with Crippen LogP contribution in [0.4, 0.5) is 0 Å². The van der Waals surface area contributed by atoms with Crippen molar-refractivity contribution in [1.29, 1.82) is 0 Å². The molecule has 1 fully saturated rings. The Balaban J connectivity index is 2.47. The van der Waals surface area contributed by atoms with E-state index in [1.807, 2.05) is 0 Å². The molecule has 0 radical (unpaired) electrons. The van der Waals surface area contributed by atoms with Gasteiger partial charge in [0, 0.05) is 0 Å². The molecule has 0 bridgehead atoms. The lowest BCUT2D eigenvalue weighted by molar-refractivity contribution is 0.538. The van der Waals surface area contributed by atoms with Crippen molar-refractivity contribution in [1.82, 2.24) is 0 Å². The molecule has 1 aliphatic carbocycles. The standard InChI is InChI=1S/C9H22OSi2/c1-6-11(2,3)10-12(4,5)9-7-8-9/h9H,6-8H2,1-5H3. The van der Waals surface area contributed by atoms with Crippen LogP contribution in [0.3, 0.4) is 0 Å². The summed E-state index contributed by atoms with van der Waals surface area (Å²) in [5.74, 6) is 0. The highest BCUT2D eigenvalue weighted by Gasteiger charge is 2.44. The van der Waals surface area contributed by atoms with Crippen LogP contribution in [0.5, 0.6) is 0 Å². The van der Waals surface area contributed by atoms with Gasteiger partial charge in [-0.1, -0.05) is 19.8 Å². The molecule has 1 nitrogen and oxygen atoms in total. The van der Waals surface area contributed by atoms with E-state index >= 15 is 0 Å². The third-order valence-electron chi connectivity index (χ3n) is 2.95. The van der Waals surface area contributed by atoms with Crippen LogP contribution in [-0.2, 0) is 4.12 Å². The summed E-state index contributed by atoms with van der Waals surface area (Å²) in [6.45, 7) is 11.8. The number of rotatable bonds is 4. The smallest absolute Gasteiger partial charge is 0.176 e. The first-order valence-corrected chi connectivity index (χ1v) is 11.2. The van der Waals surface area contributed by atoms with Crippen molar-refractivity contribution in [3.63, 3.8) is 0 Å². The van der Waals surface area contributed by atoms with E-state index in [2.05, 4.69) is 33.1 Å². The van der Waals surface area contributed by atoms with Crippen molar-refractivity contribution >= 4 is 16.6 Å². The summed E-state index contributed by atoms with van der Waals surface area (Å²) >= 11 is 0. The highest BCUT2D eigenvalue weighted by atomic mass is 28.4. The van der Waals surface area contributed by atoms with Crippen LogP contribution < -0.4 is 0 Å². The zero-order chi connectivity index (χ0) is 9.41. The quantitative estimate of drug-likeness (QED) is 0.633. The Morgan fingerprint density at radius 3 is 2.00 bits per heavy atom. The minimum Gasteiger partial charge on any atom is -0.455 e. The summed E-state index contributed by atoms with van der Waals surface area (Å²) in [5.41, 5.74) is 0.982. The highest BCUT2D eigenvalue weighted by molar-refractivity contribution is 6.85. The SMILES string of the molecule is CC[Si](C)(C)O[Si](C)(C)C1CC1. The van der Waals surface area contributed by atoms with Gasteiger partial charge in [-0.3, -0.25) is 0 Å². The topological polar surface area (TPSA) is 9.23 Å². The summed E-state index contributed by atoms with van der Waals surface area (Å²) in [5, 5.41) is 0. The van der Waals surface area contributed by atoms with E-state index in [0.29, 0.717) is 0 Å². The molecule has 0 aromatic heterocycles. The molecule has 0 aromatic carbocycles. The molecule has 0 N–H and O–H groups in total. The van der Waals surface area contributed by atoms with Gasteiger partial charge in [0.05, 0.1) is 0 Å². The summed E-state index contributed by atoms with van der Waals surface area (Å²) in [6, 6.07) is 1.26. The van der Waals surface area contributed by atoms with Gasteiger partial charge in [0.15, 0.2) is 16.6 Å². The fourth-order valence-corrected chi connectivity index (χ4v) is 10.1. The Kier molecular flexibility index (Phi) is 2.86. The second kappa shape index (κ2) is 3.27. The maximum absolute atomic E-state index is 6.38. The molecule has 0 spiro atoms. The molecule has 1 saturated carbocycles. The van der Waals surface area contributed by atoms with Gasteiger partial charge in [-0.15, -0.1) is 0 Å². The fourth-order valence-electron chi connectivity index (χ4n) is 1.65. The summed E-state index contributed by atoms with van der Waals surface area (Å²) < 4.78 is 6.38. The predicted octanol–water partition coefficient (Wildman–Crippen LogP) is 3.60. The van der Waals surface area contributed by atoms with Gasteiger partial charge in [0.2, 0.25) is 0 Å². The van der Waals surface area contributed by atoms with Crippen LogP contribution in [-0.4, -0.2) is 16.6 Å². The molecule has 0 heterocycles. The normalized spacial score (nSPS) is 19.8. The van der Waals surface area contributed by atoms with E-state index in [-0.39, 0.29) is 0 Å². The van der Waals surface area contributed by atoms with Crippen molar-refractivity contribution in [2.24, 2.45) is 0 Å². The van der Waals surface area contributed by atoms with Crippen LogP contribution >= 0.6 is 0 Å². The van der Waals surface area contributed by atoms with E-state index in [0.717, 1.165) is 5.54 Å². The van der Waals surface area contributed by atoms with E-state index in [9.17, 15) is 0 Å². The molecule has 0 unspecified atom stereocenters. The monoisotopic (exact) mass is 202 g/mol. The van der Waals surface area contributed by atoms with E-state index in [1.54, 1.807) is 0 Å². The lowest BCUT2D eigenvalue weighted by atomic mass is 11.0. The summed E-state index contributed by atoms with van der Waals surface area (Å²) in [4.78, 5) is 0. The molecule has 0 saturated heterocycles. The maximum atomic E-state index is 6.38. The average molecular weight is 202 g/mol. The van der Waals surface area contributed by atoms with E-state index in [1.165, 1.54) is 18.9 Å². The lowest BCUT2D eigenvalue weighted by Gasteiger charge is -2.33. The first-order chi connectivity index (χ1) is 5.37. The van der Waals surface area contributed by atoms with Crippen LogP contribution in [0, 0.1) is 0 Å². The molecule has 1 rings (SSSR count). The van der Waals surface area contributed by atoms with Crippen LogP contribution in [0.15, 0.2) is 0 Å². The zero-order valence-corrected chi connectivity index (χ0v) is 11.1. The van der Waals surface area contributed by atoms with Crippen molar-refractivity contribution < 1.29 is 4.12 Å². The van der Waals surface area contributed by atoms with Gasteiger partial charge in [-0.2, -0.15) is 0 Å². The average Bonchev–Trinajstić information content (AvgIpc) is 2.65. The van der Waals surface area contributed by atoms with Crippen molar-refractivity contribution in [2.45, 2.75) is 57.5 Å². The Bertz CT molecular complexity index is 162. The zero-order valence-electron chi connectivity index (χ0n) is 9.11. The van der Waals surface area contributed by atoms with E-state index < -0.39 is 16.6 Å². The first kappa shape index (κ1) is 10.5. The van der Waals surface area contributed by atoms with Gasteiger partial charge < -0.3 is 4.12 Å². The van der Waals surface area contributed by atoms with Gasteiger partial charge in [-0.25, -0.2) is 0 Å². The number of hydrogen-bond acceptors (Lipinski definition) is 1. The second-order valence-electron chi connectivity index (χ2n) is 5.09. The molecule has 1 aliphatic rings. The Labute approximate surface area is 78.8 Å². The minimum atomic E-state index is -1.27. The van der Waals surface area contributed by atoms with E-state index in [4.69, 9.17) is 4.12 Å². The molecule has 0 atom stereocenters. The second-order valence-corrected chi connectivity index (χ2v) is 14.2. The first-order valence-electron chi connectivity index (χ1n) is 5.07. The lowest BCUT2D eigenvalue weighted by Crippen LogP contribution is -2.44. The molecule has 12 heavy (non-hydrogen) atoms. The molecular weight excluding hydrogens is 180 g/mol.